The molecule has 1 heterocycles. The van der Waals surface area contributed by atoms with E-state index in [1.165, 1.54) is 0 Å². The molecule has 1 rings (SSSR count). The van der Waals surface area contributed by atoms with Crippen molar-refractivity contribution in [2.45, 2.75) is 51.6 Å². The van der Waals surface area contributed by atoms with Crippen LogP contribution in [0.5, 0.6) is 0 Å². The normalized spacial score (nSPS) is 22.1. The minimum absolute atomic E-state index is 0.198. The maximum Gasteiger partial charge on any atom is 0.219 e. The summed E-state index contributed by atoms with van der Waals surface area (Å²) in [5.41, 5.74) is 0. The molecule has 2 unspecified atom stereocenters. The monoisotopic (exact) mass is 224 g/mol. The lowest BCUT2D eigenvalue weighted by Gasteiger charge is -2.21. The van der Waals surface area contributed by atoms with E-state index in [9.17, 15) is 4.79 Å². The van der Waals surface area contributed by atoms with Crippen molar-refractivity contribution in [2.24, 2.45) is 0 Å². The minimum atomic E-state index is 0.198. The predicted octanol–water partition coefficient (Wildman–Crippen LogP) is 1.94. The number of allylic oxidation sites excluding steroid dienone is 1. The highest BCUT2D eigenvalue weighted by Crippen LogP contribution is 2.12. The van der Waals surface area contributed by atoms with Crippen molar-refractivity contribution in [3.8, 4) is 0 Å². The van der Waals surface area contributed by atoms with Crippen molar-refractivity contribution in [1.82, 2.24) is 10.2 Å². The molecule has 1 saturated heterocycles. The fraction of sp³-hybridized carbons (Fsp3) is 0.769. The summed E-state index contributed by atoms with van der Waals surface area (Å²) in [5, 5.41) is 3.64. The first-order valence-corrected chi connectivity index (χ1v) is 6.29. The van der Waals surface area contributed by atoms with Crippen LogP contribution >= 0.6 is 0 Å². The Morgan fingerprint density at radius 2 is 2.44 bits per heavy atom. The molecular weight excluding hydrogens is 200 g/mol. The Morgan fingerprint density at radius 3 is 2.94 bits per heavy atom. The van der Waals surface area contributed by atoms with Gasteiger partial charge in [-0.3, -0.25) is 4.79 Å². The maximum absolute atomic E-state index is 11.2. The van der Waals surface area contributed by atoms with Gasteiger partial charge < -0.3 is 10.2 Å². The van der Waals surface area contributed by atoms with Crippen LogP contribution in [0, 0.1) is 0 Å². The topological polar surface area (TPSA) is 32.3 Å². The van der Waals surface area contributed by atoms with Crippen molar-refractivity contribution in [2.75, 3.05) is 13.1 Å². The number of hydrogen-bond donors (Lipinski definition) is 1. The highest BCUT2D eigenvalue weighted by atomic mass is 16.2. The van der Waals surface area contributed by atoms with E-state index < -0.39 is 0 Å². The van der Waals surface area contributed by atoms with Crippen LogP contribution < -0.4 is 5.32 Å². The van der Waals surface area contributed by atoms with Crippen LogP contribution in [0.3, 0.4) is 0 Å². The van der Waals surface area contributed by atoms with E-state index >= 15 is 0 Å². The van der Waals surface area contributed by atoms with Gasteiger partial charge in [0, 0.05) is 32.1 Å². The van der Waals surface area contributed by atoms with E-state index in [1.807, 2.05) is 11.0 Å². The van der Waals surface area contributed by atoms with Crippen LogP contribution in [0.15, 0.2) is 12.7 Å². The van der Waals surface area contributed by atoms with Crippen LogP contribution in [0.2, 0.25) is 0 Å². The fourth-order valence-corrected chi connectivity index (χ4v) is 2.24. The standard InChI is InChI=1S/C13H24N2O/c1-4-6-7-12(5-2)14-13-8-9-15(10-13)11(3)16/h4,12-14H,1,5-10H2,2-3H3. The molecule has 1 aliphatic rings. The Morgan fingerprint density at radius 1 is 1.69 bits per heavy atom. The van der Waals surface area contributed by atoms with Crippen LogP contribution in [-0.4, -0.2) is 36.0 Å². The molecule has 1 amide bonds. The molecular formula is C13H24N2O. The predicted molar refractivity (Wildman–Crippen MR) is 67.3 cm³/mol. The summed E-state index contributed by atoms with van der Waals surface area (Å²) in [6.07, 6.45) is 6.42. The third kappa shape index (κ3) is 3.97. The van der Waals surface area contributed by atoms with Gasteiger partial charge in [-0.15, -0.1) is 6.58 Å². The smallest absolute Gasteiger partial charge is 0.219 e. The van der Waals surface area contributed by atoms with Crippen LogP contribution in [-0.2, 0) is 4.79 Å². The molecule has 0 aliphatic carbocycles. The number of nitrogens with one attached hydrogen (secondary N) is 1. The number of nitrogens with zero attached hydrogens (tertiary/aromatic N) is 1. The number of carbonyl (C=O) groups excluding carboxylic acids is 1. The number of hydrogen-bond acceptors (Lipinski definition) is 2. The van der Waals surface area contributed by atoms with E-state index in [4.69, 9.17) is 0 Å². The van der Waals surface area contributed by atoms with Gasteiger partial charge >= 0.3 is 0 Å². The first kappa shape index (κ1) is 13.2. The summed E-state index contributed by atoms with van der Waals surface area (Å²) in [7, 11) is 0. The lowest BCUT2D eigenvalue weighted by Crippen LogP contribution is -2.40. The number of carbonyl (C=O) groups is 1. The van der Waals surface area contributed by atoms with Gasteiger partial charge in [-0.2, -0.15) is 0 Å². The second kappa shape index (κ2) is 6.69. The molecule has 0 aromatic rings. The third-order valence-electron chi connectivity index (χ3n) is 3.32. The summed E-state index contributed by atoms with van der Waals surface area (Å²) in [6, 6.07) is 1.05. The first-order valence-electron chi connectivity index (χ1n) is 6.29. The molecule has 3 nitrogen and oxygen atoms in total. The van der Waals surface area contributed by atoms with Gasteiger partial charge in [-0.05, 0) is 25.7 Å². The zero-order valence-corrected chi connectivity index (χ0v) is 10.5. The van der Waals surface area contributed by atoms with E-state index in [1.54, 1.807) is 6.92 Å². The van der Waals surface area contributed by atoms with Gasteiger partial charge in [0.15, 0.2) is 0 Å². The molecule has 92 valence electrons. The average Bonchev–Trinajstić information content (AvgIpc) is 2.72. The van der Waals surface area contributed by atoms with Gasteiger partial charge in [0.25, 0.3) is 0 Å². The zero-order valence-electron chi connectivity index (χ0n) is 10.5. The molecule has 0 saturated carbocycles. The molecule has 1 N–H and O–H groups in total. The average molecular weight is 224 g/mol. The van der Waals surface area contributed by atoms with Gasteiger partial charge in [-0.25, -0.2) is 0 Å². The molecule has 1 fully saturated rings. The molecule has 0 bridgehead atoms. The van der Waals surface area contributed by atoms with Gasteiger partial charge in [0.2, 0.25) is 5.91 Å². The summed E-state index contributed by atoms with van der Waals surface area (Å²) in [6.45, 7) is 9.39. The highest BCUT2D eigenvalue weighted by molar-refractivity contribution is 5.73. The van der Waals surface area contributed by atoms with Gasteiger partial charge in [-0.1, -0.05) is 13.0 Å². The summed E-state index contributed by atoms with van der Waals surface area (Å²) < 4.78 is 0. The Hall–Kier alpha value is -0.830. The Kier molecular flexibility index (Phi) is 5.53. The second-order valence-corrected chi connectivity index (χ2v) is 4.59. The molecule has 1 aliphatic heterocycles. The minimum Gasteiger partial charge on any atom is -0.341 e. The van der Waals surface area contributed by atoms with E-state index in [2.05, 4.69) is 18.8 Å². The van der Waals surface area contributed by atoms with Crippen molar-refractivity contribution < 1.29 is 4.79 Å². The second-order valence-electron chi connectivity index (χ2n) is 4.59. The molecule has 0 aromatic heterocycles. The molecule has 16 heavy (non-hydrogen) atoms. The van der Waals surface area contributed by atoms with Crippen molar-refractivity contribution >= 4 is 5.91 Å². The highest BCUT2D eigenvalue weighted by Gasteiger charge is 2.25. The largest absolute Gasteiger partial charge is 0.341 e. The number of rotatable bonds is 6. The van der Waals surface area contributed by atoms with Crippen LogP contribution in [0.4, 0.5) is 0 Å². The molecule has 0 radical (unpaired) electrons. The van der Waals surface area contributed by atoms with Crippen molar-refractivity contribution in [1.29, 1.82) is 0 Å². The van der Waals surface area contributed by atoms with E-state index in [-0.39, 0.29) is 5.91 Å². The lowest BCUT2D eigenvalue weighted by atomic mass is 10.1. The Labute approximate surface area is 98.9 Å². The van der Waals surface area contributed by atoms with Crippen LogP contribution in [0.1, 0.15) is 39.5 Å². The fourth-order valence-electron chi connectivity index (χ4n) is 2.24. The van der Waals surface area contributed by atoms with Gasteiger partial charge in [0.1, 0.15) is 0 Å². The third-order valence-corrected chi connectivity index (χ3v) is 3.32. The number of amides is 1. The maximum atomic E-state index is 11.2. The summed E-state index contributed by atoms with van der Waals surface area (Å²) in [5.74, 6) is 0.198. The Balaban J connectivity index is 2.30. The van der Waals surface area contributed by atoms with E-state index in [0.717, 1.165) is 38.8 Å². The van der Waals surface area contributed by atoms with Crippen LogP contribution in [0.25, 0.3) is 0 Å². The first-order chi connectivity index (χ1) is 7.67. The lowest BCUT2D eigenvalue weighted by molar-refractivity contribution is -0.127. The summed E-state index contributed by atoms with van der Waals surface area (Å²) >= 11 is 0. The quantitative estimate of drug-likeness (QED) is 0.699. The number of likely N-dealkylation sites (tertiary alicyclic amines) is 1. The molecule has 0 spiro atoms. The zero-order chi connectivity index (χ0) is 12.0. The molecule has 3 heteroatoms. The SMILES string of the molecule is C=CCCC(CC)NC1CCN(C(C)=O)C1. The summed E-state index contributed by atoms with van der Waals surface area (Å²) in [4.78, 5) is 13.1. The van der Waals surface area contributed by atoms with Gasteiger partial charge in [0.05, 0.1) is 0 Å². The van der Waals surface area contributed by atoms with Crippen molar-refractivity contribution in [3.05, 3.63) is 12.7 Å². The molecule has 0 aromatic carbocycles. The van der Waals surface area contributed by atoms with Crippen molar-refractivity contribution in [3.63, 3.8) is 0 Å². The molecule has 2 atom stereocenters. The Bertz CT molecular complexity index is 240. The van der Waals surface area contributed by atoms with E-state index in [0.29, 0.717) is 12.1 Å².